The number of aliphatic carboxylic acids is 1. The molecular weight excluding hydrogens is 520 g/mol. The molecule has 2 N–H and O–H groups in total. The molecule has 116 valence electrons. The van der Waals surface area contributed by atoms with Crippen molar-refractivity contribution < 1.29 is 38.1 Å². The lowest BCUT2D eigenvalue weighted by molar-refractivity contribution is -0.247. The van der Waals surface area contributed by atoms with Gasteiger partial charge >= 0.3 is 18.0 Å². The smallest absolute Gasteiger partial charge is 0.456 e. The van der Waals surface area contributed by atoms with Crippen LogP contribution in [0.15, 0.2) is 12.1 Å². The van der Waals surface area contributed by atoms with Gasteiger partial charge in [-0.1, -0.05) is 0 Å². The zero-order chi connectivity index (χ0) is 16.2. The number of phenolic OH excluding ortho intramolecular Hbond substituents is 1. The van der Waals surface area contributed by atoms with Gasteiger partial charge in [-0.25, -0.2) is 9.59 Å². The third-order valence-electron chi connectivity index (χ3n) is 2.10. The molecule has 0 aliphatic carbocycles. The molecule has 1 rings (SSSR count). The lowest BCUT2D eigenvalue weighted by Gasteiger charge is -2.12. The molecule has 0 atom stereocenters. The second kappa shape index (κ2) is 7.49. The fourth-order valence-corrected chi connectivity index (χ4v) is 3.01. The predicted molar refractivity (Wildman–Crippen MR) is 82.4 cm³/mol. The Hall–Kier alpha value is -0.760. The van der Waals surface area contributed by atoms with Crippen LogP contribution >= 0.6 is 45.2 Å². The molecule has 0 amide bonds. The number of hydrogen-bond donors (Lipinski definition) is 2. The summed E-state index contributed by atoms with van der Waals surface area (Å²) in [5, 5.41) is 17.8. The van der Waals surface area contributed by atoms with Crippen LogP contribution in [0, 0.1) is 7.14 Å². The minimum Gasteiger partial charge on any atom is -0.506 e. The van der Waals surface area contributed by atoms with E-state index in [0.717, 1.165) is 0 Å². The number of benzene rings is 1. The van der Waals surface area contributed by atoms with Crippen molar-refractivity contribution in [3.63, 3.8) is 0 Å². The van der Waals surface area contributed by atoms with Gasteiger partial charge in [0.25, 0.3) is 0 Å². The van der Waals surface area contributed by atoms with E-state index in [1.165, 1.54) is 6.07 Å². The van der Waals surface area contributed by atoms with Crippen LogP contribution in [0.5, 0.6) is 5.75 Å². The second-order valence-electron chi connectivity index (χ2n) is 3.59. The number of aromatic hydroxyl groups is 1. The van der Waals surface area contributed by atoms with Crippen molar-refractivity contribution in [1.29, 1.82) is 0 Å². The predicted octanol–water partition coefficient (Wildman–Crippen LogP) is 2.45. The van der Waals surface area contributed by atoms with E-state index in [1.807, 2.05) is 45.2 Å². The molecule has 0 unspecified atom stereocenters. The molecule has 0 fully saturated rings. The highest BCUT2D eigenvalue weighted by Gasteiger charge is 2.40. The minimum absolute atomic E-state index is 0.115. The summed E-state index contributed by atoms with van der Waals surface area (Å²) in [5.41, 5.74) is -0.115. The van der Waals surface area contributed by atoms with E-state index < -0.39 is 31.3 Å². The molecule has 0 spiro atoms. The quantitative estimate of drug-likeness (QED) is 0.335. The number of hydrogen-bond acceptors (Lipinski definition) is 5. The first-order valence-electron chi connectivity index (χ1n) is 5.25. The van der Waals surface area contributed by atoms with Gasteiger partial charge in [0.2, 0.25) is 0 Å². The molecule has 6 nitrogen and oxygen atoms in total. The maximum absolute atomic E-state index is 12.6. The van der Waals surface area contributed by atoms with E-state index in [0.29, 0.717) is 7.14 Å². The normalized spacial score (nSPS) is 11.2. The Morgan fingerprint density at radius 3 is 2.43 bits per heavy atom. The number of carboxylic acids is 1. The SMILES string of the molecule is O=C(OCCOC(F)(F)C(=O)O)c1cc(I)cc(I)c1O. The molecule has 1 aromatic carbocycles. The van der Waals surface area contributed by atoms with Crippen LogP contribution in [-0.2, 0) is 14.3 Å². The summed E-state index contributed by atoms with van der Waals surface area (Å²) in [6.07, 6.45) is -4.34. The summed E-state index contributed by atoms with van der Waals surface area (Å²) >= 11 is 3.75. The van der Waals surface area contributed by atoms with Crippen molar-refractivity contribution in [2.24, 2.45) is 0 Å². The number of ether oxygens (including phenoxy) is 2. The van der Waals surface area contributed by atoms with Crippen LogP contribution in [-0.4, -0.2) is 41.5 Å². The average molecular weight is 528 g/mol. The number of esters is 1. The van der Waals surface area contributed by atoms with Crippen molar-refractivity contribution >= 4 is 57.1 Å². The largest absolute Gasteiger partial charge is 0.506 e. The van der Waals surface area contributed by atoms with E-state index in [-0.39, 0.29) is 11.3 Å². The minimum atomic E-state index is -4.34. The number of halogens is 4. The molecule has 0 aromatic heterocycles. The molecule has 0 aliphatic rings. The van der Waals surface area contributed by atoms with Gasteiger partial charge in [-0.2, -0.15) is 8.78 Å². The lowest BCUT2D eigenvalue weighted by atomic mass is 10.2. The molecule has 0 heterocycles. The zero-order valence-electron chi connectivity index (χ0n) is 10.1. The highest BCUT2D eigenvalue weighted by Crippen LogP contribution is 2.27. The van der Waals surface area contributed by atoms with Gasteiger partial charge in [0.05, 0.1) is 10.2 Å². The second-order valence-corrected chi connectivity index (χ2v) is 6.00. The fourth-order valence-electron chi connectivity index (χ4n) is 1.17. The maximum Gasteiger partial charge on any atom is 0.456 e. The van der Waals surface area contributed by atoms with E-state index in [9.17, 15) is 23.5 Å². The van der Waals surface area contributed by atoms with Crippen LogP contribution in [0.3, 0.4) is 0 Å². The highest BCUT2D eigenvalue weighted by molar-refractivity contribution is 14.1. The van der Waals surface area contributed by atoms with Gasteiger partial charge in [0.1, 0.15) is 17.9 Å². The number of carbonyl (C=O) groups excluding carboxylic acids is 1. The first-order chi connectivity index (χ1) is 9.65. The summed E-state index contributed by atoms with van der Waals surface area (Å²) in [6.45, 7) is -1.38. The van der Waals surface area contributed by atoms with Gasteiger partial charge in [-0.15, -0.1) is 0 Å². The Balaban J connectivity index is 2.58. The van der Waals surface area contributed by atoms with Crippen LogP contribution in [0.25, 0.3) is 0 Å². The molecule has 0 bridgehead atoms. The van der Waals surface area contributed by atoms with Crippen LogP contribution in [0.4, 0.5) is 8.78 Å². The van der Waals surface area contributed by atoms with E-state index >= 15 is 0 Å². The number of alkyl halides is 2. The van der Waals surface area contributed by atoms with Gasteiger partial charge in [-0.3, -0.25) is 0 Å². The Morgan fingerprint density at radius 2 is 1.86 bits per heavy atom. The van der Waals surface area contributed by atoms with Crippen LogP contribution in [0.1, 0.15) is 10.4 Å². The Kier molecular flexibility index (Phi) is 6.52. The fraction of sp³-hybridized carbons (Fsp3) is 0.273. The number of carboxylic acid groups (broad SMARTS) is 1. The van der Waals surface area contributed by atoms with Crippen molar-refractivity contribution in [2.75, 3.05) is 13.2 Å². The highest BCUT2D eigenvalue weighted by atomic mass is 127. The third-order valence-corrected chi connectivity index (χ3v) is 3.54. The zero-order valence-corrected chi connectivity index (χ0v) is 14.4. The summed E-state index contributed by atoms with van der Waals surface area (Å²) in [4.78, 5) is 21.8. The summed E-state index contributed by atoms with van der Waals surface area (Å²) in [7, 11) is 0. The summed E-state index contributed by atoms with van der Waals surface area (Å²) < 4.78 is 34.6. The first kappa shape index (κ1) is 18.3. The number of rotatable bonds is 6. The maximum atomic E-state index is 12.6. The average Bonchev–Trinajstić information content (AvgIpc) is 2.38. The van der Waals surface area contributed by atoms with Crippen molar-refractivity contribution in [2.45, 2.75) is 6.11 Å². The van der Waals surface area contributed by atoms with Gasteiger partial charge < -0.3 is 19.7 Å². The van der Waals surface area contributed by atoms with E-state index in [4.69, 9.17) is 5.11 Å². The van der Waals surface area contributed by atoms with E-state index in [2.05, 4.69) is 9.47 Å². The standard InChI is InChI=1S/C11H8F2I2O6/c12-11(13,10(18)19)21-2-1-20-9(17)6-3-5(14)4-7(15)8(6)16/h3-4,16H,1-2H2,(H,18,19). The summed E-state index contributed by atoms with van der Waals surface area (Å²) in [6, 6.07) is 3.00. The molecule has 21 heavy (non-hydrogen) atoms. The molecule has 0 saturated carbocycles. The molecule has 10 heteroatoms. The van der Waals surface area contributed by atoms with Gasteiger partial charge in [-0.05, 0) is 57.3 Å². The molecule has 1 aromatic rings. The van der Waals surface area contributed by atoms with E-state index in [1.54, 1.807) is 6.07 Å². The van der Waals surface area contributed by atoms with Crippen molar-refractivity contribution in [1.82, 2.24) is 0 Å². The monoisotopic (exact) mass is 528 g/mol. The van der Waals surface area contributed by atoms with Crippen LogP contribution in [0.2, 0.25) is 0 Å². The molecule has 0 radical (unpaired) electrons. The topological polar surface area (TPSA) is 93.1 Å². The first-order valence-corrected chi connectivity index (χ1v) is 7.41. The number of carbonyl (C=O) groups is 2. The van der Waals surface area contributed by atoms with Crippen molar-refractivity contribution in [3.8, 4) is 5.75 Å². The Bertz CT molecular complexity index is 564. The van der Waals surface area contributed by atoms with Crippen molar-refractivity contribution in [3.05, 3.63) is 24.8 Å². The Labute approximate surface area is 144 Å². The molecule has 0 saturated heterocycles. The third kappa shape index (κ3) is 5.18. The lowest BCUT2D eigenvalue weighted by Crippen LogP contribution is -2.33. The van der Waals surface area contributed by atoms with Gasteiger partial charge in [0, 0.05) is 3.57 Å². The molecule has 0 aliphatic heterocycles. The number of phenols is 1. The summed E-state index contributed by atoms with van der Waals surface area (Å²) in [5.74, 6) is -3.64. The van der Waals surface area contributed by atoms with Crippen LogP contribution < -0.4 is 0 Å². The Morgan fingerprint density at radius 1 is 1.24 bits per heavy atom. The van der Waals surface area contributed by atoms with Gasteiger partial charge in [0.15, 0.2) is 0 Å². The molecular formula is C11H8F2I2O6.